The van der Waals surface area contributed by atoms with Crippen LogP contribution in [0.25, 0.3) is 5.69 Å². The molecule has 1 heterocycles. The molecular weight excluding hydrogens is 543 g/mol. The van der Waals surface area contributed by atoms with Crippen molar-refractivity contribution in [3.8, 4) is 11.4 Å². The van der Waals surface area contributed by atoms with Crippen LogP contribution in [0, 0.1) is 11.6 Å². The first-order valence-corrected chi connectivity index (χ1v) is 13.2. The number of alkyl halides is 3. The summed E-state index contributed by atoms with van der Waals surface area (Å²) in [5.74, 6) is -1.22. The van der Waals surface area contributed by atoms with E-state index in [-0.39, 0.29) is 11.7 Å². The average molecular weight is 565 g/mol. The molecule has 0 saturated carbocycles. The number of aryl methyl sites for hydroxylation is 1. The van der Waals surface area contributed by atoms with Crippen LogP contribution in [0.1, 0.15) is 46.8 Å². The second kappa shape index (κ2) is 10.6. The normalized spacial score (nSPS) is 15.4. The minimum Gasteiger partial charge on any atom is -0.495 e. The highest BCUT2D eigenvalue weighted by atomic mass is 35.5. The third-order valence-corrected chi connectivity index (χ3v) is 7.90. The molecule has 5 rings (SSSR count). The minimum absolute atomic E-state index is 0.115. The van der Waals surface area contributed by atoms with Crippen LogP contribution in [-0.4, -0.2) is 16.7 Å². The maximum absolute atomic E-state index is 14.6. The van der Waals surface area contributed by atoms with Crippen molar-refractivity contribution in [3.63, 3.8) is 0 Å². The van der Waals surface area contributed by atoms with Crippen molar-refractivity contribution < 1.29 is 26.7 Å². The summed E-state index contributed by atoms with van der Waals surface area (Å²) in [6.07, 6.45) is -2.38. The number of fused-ring (bicyclic) bond motifs is 1. The Kier molecular flexibility index (Phi) is 7.42. The summed E-state index contributed by atoms with van der Waals surface area (Å²) < 4.78 is 76.4. The van der Waals surface area contributed by atoms with Gasteiger partial charge in [-0.05, 0) is 73.4 Å². The molecular formula is C28H22ClF5N2OS. The number of thioether (sulfide) groups is 1. The lowest BCUT2D eigenvalue weighted by Gasteiger charge is -2.26. The third kappa shape index (κ3) is 5.14. The Bertz CT molecular complexity index is 1470. The maximum atomic E-state index is 14.6. The number of methoxy groups -OCH3 is 1. The highest BCUT2D eigenvalue weighted by Gasteiger charge is 2.35. The summed E-state index contributed by atoms with van der Waals surface area (Å²) in [6.45, 7) is 0. The van der Waals surface area contributed by atoms with Gasteiger partial charge in [0, 0.05) is 22.9 Å². The van der Waals surface area contributed by atoms with Crippen molar-refractivity contribution in [1.82, 2.24) is 9.55 Å². The molecule has 1 aliphatic rings. The molecule has 1 unspecified atom stereocenters. The van der Waals surface area contributed by atoms with Gasteiger partial charge in [-0.2, -0.15) is 13.2 Å². The van der Waals surface area contributed by atoms with Gasteiger partial charge >= 0.3 is 6.18 Å². The number of halogens is 6. The lowest BCUT2D eigenvalue weighted by atomic mass is 9.84. The van der Waals surface area contributed by atoms with E-state index in [1.165, 1.54) is 19.2 Å². The van der Waals surface area contributed by atoms with Gasteiger partial charge in [0.1, 0.15) is 17.4 Å². The molecule has 0 bridgehead atoms. The molecule has 1 aromatic heterocycles. The molecule has 0 amide bonds. The number of ether oxygens (including phenoxy) is 1. The minimum atomic E-state index is -4.69. The summed E-state index contributed by atoms with van der Waals surface area (Å²) in [7, 11) is 1.53. The van der Waals surface area contributed by atoms with E-state index in [1.807, 2.05) is 16.7 Å². The number of benzene rings is 3. The first kappa shape index (κ1) is 26.6. The van der Waals surface area contributed by atoms with Gasteiger partial charge in [0.25, 0.3) is 0 Å². The fraction of sp³-hybridized carbons (Fsp3) is 0.250. The molecule has 10 heteroatoms. The van der Waals surface area contributed by atoms with Crippen molar-refractivity contribution in [3.05, 3.63) is 105 Å². The first-order chi connectivity index (χ1) is 18.2. The number of nitrogens with zero attached hydrogens (tertiary/aromatic N) is 2. The summed E-state index contributed by atoms with van der Waals surface area (Å²) in [6, 6.07) is 14.3. The zero-order valence-corrected chi connectivity index (χ0v) is 21.7. The summed E-state index contributed by atoms with van der Waals surface area (Å²) in [5.41, 5.74) is 1.77. The summed E-state index contributed by atoms with van der Waals surface area (Å²) in [4.78, 5) is 4.79. The van der Waals surface area contributed by atoms with Gasteiger partial charge < -0.3 is 4.74 Å². The molecule has 0 spiro atoms. The average Bonchev–Trinajstić information content (AvgIpc) is 3.26. The Morgan fingerprint density at radius 1 is 1.08 bits per heavy atom. The van der Waals surface area contributed by atoms with Gasteiger partial charge in [0.15, 0.2) is 5.16 Å². The Balaban J connectivity index is 1.62. The van der Waals surface area contributed by atoms with Crippen LogP contribution in [0.4, 0.5) is 22.0 Å². The molecule has 3 aromatic carbocycles. The van der Waals surface area contributed by atoms with E-state index in [9.17, 15) is 22.0 Å². The van der Waals surface area contributed by atoms with E-state index >= 15 is 0 Å². The molecule has 0 aliphatic heterocycles. The fourth-order valence-electron chi connectivity index (χ4n) is 4.87. The van der Waals surface area contributed by atoms with Crippen LogP contribution in [0.2, 0.25) is 5.02 Å². The van der Waals surface area contributed by atoms with E-state index in [1.54, 1.807) is 18.2 Å². The molecule has 0 fully saturated rings. The highest BCUT2D eigenvalue weighted by Crippen LogP contribution is 2.43. The van der Waals surface area contributed by atoms with Crippen molar-refractivity contribution in [1.29, 1.82) is 0 Å². The molecule has 38 heavy (non-hydrogen) atoms. The topological polar surface area (TPSA) is 27.1 Å². The second-order valence-corrected chi connectivity index (χ2v) is 10.3. The van der Waals surface area contributed by atoms with E-state index in [0.717, 1.165) is 59.8 Å². The van der Waals surface area contributed by atoms with Gasteiger partial charge in [0.05, 0.1) is 29.1 Å². The molecule has 3 nitrogen and oxygen atoms in total. The molecule has 1 atom stereocenters. The van der Waals surface area contributed by atoms with Crippen molar-refractivity contribution in [2.24, 2.45) is 0 Å². The number of rotatable bonds is 6. The fourth-order valence-corrected chi connectivity index (χ4v) is 6.14. The molecule has 1 aliphatic carbocycles. The van der Waals surface area contributed by atoms with Crippen LogP contribution >= 0.6 is 23.4 Å². The Morgan fingerprint density at radius 2 is 1.84 bits per heavy atom. The van der Waals surface area contributed by atoms with Gasteiger partial charge in [-0.25, -0.2) is 13.8 Å². The van der Waals surface area contributed by atoms with E-state index in [2.05, 4.69) is 0 Å². The van der Waals surface area contributed by atoms with E-state index < -0.39 is 28.9 Å². The van der Waals surface area contributed by atoms with Gasteiger partial charge in [-0.1, -0.05) is 35.5 Å². The molecule has 0 saturated heterocycles. The van der Waals surface area contributed by atoms with Crippen LogP contribution in [-0.2, 0) is 18.3 Å². The molecule has 198 valence electrons. The lowest BCUT2D eigenvalue weighted by Crippen LogP contribution is -2.15. The van der Waals surface area contributed by atoms with Gasteiger partial charge in [0.2, 0.25) is 0 Å². The van der Waals surface area contributed by atoms with Crippen molar-refractivity contribution >= 4 is 23.4 Å². The quantitative estimate of drug-likeness (QED) is 0.173. The summed E-state index contributed by atoms with van der Waals surface area (Å²) in [5, 5.41) is 0.881. The highest BCUT2D eigenvalue weighted by molar-refractivity contribution is 7.98. The van der Waals surface area contributed by atoms with Crippen LogP contribution in [0.3, 0.4) is 0 Å². The van der Waals surface area contributed by atoms with E-state index in [4.69, 9.17) is 21.3 Å². The Hall–Kier alpha value is -3.04. The third-order valence-electron chi connectivity index (χ3n) is 6.63. The second-order valence-electron chi connectivity index (χ2n) is 8.93. The largest absolute Gasteiger partial charge is 0.495 e. The van der Waals surface area contributed by atoms with Gasteiger partial charge in [-0.3, -0.25) is 4.57 Å². The van der Waals surface area contributed by atoms with Crippen molar-refractivity contribution in [2.75, 3.05) is 7.11 Å². The number of hydrogen-bond acceptors (Lipinski definition) is 3. The van der Waals surface area contributed by atoms with Crippen LogP contribution in [0.5, 0.6) is 5.75 Å². The number of aromatic nitrogens is 2. The summed E-state index contributed by atoms with van der Waals surface area (Å²) >= 11 is 7.26. The van der Waals surface area contributed by atoms with Crippen molar-refractivity contribution in [2.45, 2.75) is 42.3 Å². The van der Waals surface area contributed by atoms with Crippen LogP contribution < -0.4 is 4.74 Å². The SMILES string of the molecule is COc1cc(C2CCCc3nc(SCc4c(F)cccc4C(F)(F)F)n(-c4ccc(F)cc4)c32)ccc1Cl. The standard InChI is InChI=1S/C28H22ClF5N2OS/c1-37-25-14-16(8-13-22(25)29)19-4-2-7-24-26(19)36(18-11-9-17(30)10-12-18)27(35-24)38-15-20-21(28(32,33)34)5-3-6-23(20)31/h3,5-6,8-14,19H,2,4,7,15H2,1H3. The lowest BCUT2D eigenvalue weighted by molar-refractivity contribution is -0.138. The predicted octanol–water partition coefficient (Wildman–Crippen LogP) is 8.59. The van der Waals surface area contributed by atoms with E-state index in [0.29, 0.717) is 28.0 Å². The zero-order chi connectivity index (χ0) is 27.0. The predicted molar refractivity (Wildman–Crippen MR) is 137 cm³/mol. The van der Waals surface area contributed by atoms with Gasteiger partial charge in [-0.15, -0.1) is 0 Å². The maximum Gasteiger partial charge on any atom is 0.416 e. The smallest absolute Gasteiger partial charge is 0.416 e. The number of hydrogen-bond donors (Lipinski definition) is 0. The Morgan fingerprint density at radius 3 is 2.55 bits per heavy atom. The Labute approximate surface area is 225 Å². The first-order valence-electron chi connectivity index (χ1n) is 11.9. The monoisotopic (exact) mass is 564 g/mol. The molecule has 4 aromatic rings. The van der Waals surface area contributed by atoms with Crippen LogP contribution in [0.15, 0.2) is 65.8 Å². The number of imidazole rings is 1. The molecule has 0 N–H and O–H groups in total. The molecule has 0 radical (unpaired) electrons. The zero-order valence-electron chi connectivity index (χ0n) is 20.2.